The second-order valence-electron chi connectivity index (χ2n) is 8.29. The number of hydrogen-bond acceptors (Lipinski definition) is 2. The van der Waals surface area contributed by atoms with Gasteiger partial charge in [-0.15, -0.1) is 0 Å². The predicted molar refractivity (Wildman–Crippen MR) is 126 cm³/mol. The van der Waals surface area contributed by atoms with Crippen molar-refractivity contribution in [2.45, 2.75) is 25.8 Å². The number of halogens is 2. The minimum atomic E-state index is -0.275. The van der Waals surface area contributed by atoms with Gasteiger partial charge in [-0.2, -0.15) is 0 Å². The van der Waals surface area contributed by atoms with Crippen LogP contribution in [0, 0.1) is 0 Å². The van der Waals surface area contributed by atoms with E-state index in [9.17, 15) is 4.79 Å². The lowest BCUT2D eigenvalue weighted by atomic mass is 9.84. The third kappa shape index (κ3) is 4.21. The van der Waals surface area contributed by atoms with E-state index < -0.39 is 0 Å². The zero-order chi connectivity index (χ0) is 22.2. The molecule has 0 aliphatic heterocycles. The lowest BCUT2D eigenvalue weighted by molar-refractivity contribution is 0.0937. The largest absolute Gasteiger partial charge is 0.350 e. The number of hydrogen-bond donors (Lipinski definition) is 1. The average molecular weight is 455 g/mol. The summed E-state index contributed by atoms with van der Waals surface area (Å²) >= 11 is 12.7. The number of fused-ring (bicyclic) bond motifs is 1. The summed E-state index contributed by atoms with van der Waals surface area (Å²) in [6.07, 6.45) is 3.63. The molecule has 2 aromatic heterocycles. The van der Waals surface area contributed by atoms with Crippen molar-refractivity contribution in [3.8, 4) is 0 Å². The molecule has 0 atom stereocenters. The fourth-order valence-corrected chi connectivity index (χ4v) is 4.20. The molecule has 160 valence electrons. The van der Waals surface area contributed by atoms with Crippen LogP contribution >= 0.6 is 23.2 Å². The molecule has 1 amide bonds. The molecule has 0 spiro atoms. The van der Waals surface area contributed by atoms with Crippen molar-refractivity contribution in [3.05, 3.63) is 88.1 Å². The van der Waals surface area contributed by atoms with E-state index in [4.69, 9.17) is 23.2 Å². The molecule has 0 saturated heterocycles. The SMILES string of the molecule is Cn1ccnc1Cn1c(C(=O)NCC(C)(C)c2ccc(Cl)cc2)c(Cl)c2ccccc21. The monoisotopic (exact) mass is 454 g/mol. The van der Waals surface area contributed by atoms with Crippen LogP contribution in [0.1, 0.15) is 35.7 Å². The fraction of sp³-hybridized carbons (Fsp3) is 0.250. The van der Waals surface area contributed by atoms with Gasteiger partial charge in [0.15, 0.2) is 0 Å². The summed E-state index contributed by atoms with van der Waals surface area (Å²) in [4.78, 5) is 17.8. The number of nitrogens with one attached hydrogen (secondary N) is 1. The molecular weight excluding hydrogens is 431 g/mol. The highest BCUT2D eigenvalue weighted by atomic mass is 35.5. The number of nitrogens with zero attached hydrogens (tertiary/aromatic N) is 3. The Morgan fingerprint density at radius 1 is 1.10 bits per heavy atom. The van der Waals surface area contributed by atoms with Gasteiger partial charge in [0, 0.05) is 41.8 Å². The van der Waals surface area contributed by atoms with E-state index in [1.54, 1.807) is 6.20 Å². The number of rotatable bonds is 6. The van der Waals surface area contributed by atoms with Gasteiger partial charge in [0.2, 0.25) is 0 Å². The first-order valence-corrected chi connectivity index (χ1v) is 10.8. The molecule has 0 fully saturated rings. The zero-order valence-corrected chi connectivity index (χ0v) is 19.2. The summed E-state index contributed by atoms with van der Waals surface area (Å²) < 4.78 is 3.87. The van der Waals surface area contributed by atoms with Gasteiger partial charge >= 0.3 is 0 Å². The van der Waals surface area contributed by atoms with E-state index in [0.717, 1.165) is 22.3 Å². The molecular formula is C24H24Cl2N4O. The highest BCUT2D eigenvalue weighted by Crippen LogP contribution is 2.32. The lowest BCUT2D eigenvalue weighted by Crippen LogP contribution is -2.37. The molecule has 0 radical (unpaired) electrons. The quantitative estimate of drug-likeness (QED) is 0.421. The van der Waals surface area contributed by atoms with E-state index >= 15 is 0 Å². The lowest BCUT2D eigenvalue weighted by Gasteiger charge is -2.26. The van der Waals surface area contributed by atoms with E-state index in [2.05, 4.69) is 24.1 Å². The third-order valence-corrected chi connectivity index (χ3v) is 6.30. The number of amides is 1. The van der Waals surface area contributed by atoms with Gasteiger partial charge in [-0.1, -0.05) is 67.4 Å². The number of benzene rings is 2. The van der Waals surface area contributed by atoms with Crippen LogP contribution in [0.25, 0.3) is 10.9 Å². The molecule has 0 bridgehead atoms. The Kier molecular flexibility index (Phi) is 5.82. The van der Waals surface area contributed by atoms with Crippen LogP contribution in [-0.2, 0) is 19.0 Å². The molecule has 31 heavy (non-hydrogen) atoms. The predicted octanol–water partition coefficient (Wildman–Crippen LogP) is 5.44. The Labute approximate surface area is 191 Å². The number of imidazole rings is 1. The van der Waals surface area contributed by atoms with Crippen LogP contribution in [0.4, 0.5) is 0 Å². The van der Waals surface area contributed by atoms with Gasteiger partial charge in [-0.3, -0.25) is 4.79 Å². The molecule has 0 saturated carbocycles. The van der Waals surface area contributed by atoms with Crippen LogP contribution in [0.5, 0.6) is 0 Å². The van der Waals surface area contributed by atoms with E-state index in [0.29, 0.717) is 28.8 Å². The Balaban J connectivity index is 1.66. The van der Waals surface area contributed by atoms with E-state index in [-0.39, 0.29) is 11.3 Å². The van der Waals surface area contributed by atoms with Gasteiger partial charge in [0.25, 0.3) is 5.91 Å². The molecule has 2 aromatic carbocycles. The number of carbonyl (C=O) groups excluding carboxylic acids is 1. The molecule has 1 N–H and O–H groups in total. The molecule has 4 rings (SSSR count). The molecule has 0 aliphatic rings. The smallest absolute Gasteiger partial charge is 0.269 e. The standard InChI is InChI=1S/C24H24Cl2N4O/c1-24(2,16-8-10-17(25)11-9-16)15-28-23(31)22-21(26)18-6-4-5-7-19(18)30(22)14-20-27-12-13-29(20)3/h4-13H,14-15H2,1-3H3,(H,28,31). The maximum absolute atomic E-state index is 13.3. The summed E-state index contributed by atoms with van der Waals surface area (Å²) in [5, 5.41) is 5.07. The van der Waals surface area contributed by atoms with Crippen molar-refractivity contribution in [1.29, 1.82) is 0 Å². The van der Waals surface area contributed by atoms with Crippen molar-refractivity contribution in [1.82, 2.24) is 19.4 Å². The van der Waals surface area contributed by atoms with Crippen molar-refractivity contribution in [3.63, 3.8) is 0 Å². The second kappa shape index (κ2) is 8.40. The number of para-hydroxylation sites is 1. The van der Waals surface area contributed by atoms with Gasteiger partial charge in [0.05, 0.1) is 17.1 Å². The molecule has 0 unspecified atom stereocenters. The Morgan fingerprint density at radius 3 is 2.48 bits per heavy atom. The molecule has 4 aromatic rings. The Morgan fingerprint density at radius 2 is 1.81 bits per heavy atom. The summed E-state index contributed by atoms with van der Waals surface area (Å²) in [6, 6.07) is 15.5. The number of aryl methyl sites for hydroxylation is 1. The van der Waals surface area contributed by atoms with E-state index in [1.807, 2.05) is 70.9 Å². The minimum absolute atomic E-state index is 0.211. The summed E-state index contributed by atoms with van der Waals surface area (Å²) in [5.41, 5.74) is 2.16. The van der Waals surface area contributed by atoms with Crippen molar-refractivity contribution >= 4 is 40.0 Å². The van der Waals surface area contributed by atoms with Crippen LogP contribution in [0.2, 0.25) is 10.0 Å². The van der Waals surface area contributed by atoms with Crippen LogP contribution in [-0.4, -0.2) is 26.6 Å². The first-order valence-electron chi connectivity index (χ1n) is 10.0. The van der Waals surface area contributed by atoms with Gasteiger partial charge in [-0.25, -0.2) is 4.98 Å². The first kappa shape index (κ1) is 21.5. The highest BCUT2D eigenvalue weighted by Gasteiger charge is 2.26. The molecule has 2 heterocycles. The van der Waals surface area contributed by atoms with Crippen molar-refractivity contribution in [2.75, 3.05) is 6.54 Å². The molecule has 5 nitrogen and oxygen atoms in total. The highest BCUT2D eigenvalue weighted by molar-refractivity contribution is 6.38. The second-order valence-corrected chi connectivity index (χ2v) is 9.11. The topological polar surface area (TPSA) is 51.9 Å². The van der Waals surface area contributed by atoms with Crippen LogP contribution < -0.4 is 5.32 Å². The normalized spacial score (nSPS) is 11.8. The average Bonchev–Trinajstić information content (AvgIpc) is 3.28. The van der Waals surface area contributed by atoms with E-state index in [1.165, 1.54) is 0 Å². The maximum atomic E-state index is 13.3. The Hall–Kier alpha value is -2.76. The van der Waals surface area contributed by atoms with Crippen molar-refractivity contribution in [2.24, 2.45) is 7.05 Å². The summed E-state index contributed by atoms with van der Waals surface area (Å²) in [7, 11) is 1.93. The first-order chi connectivity index (χ1) is 14.8. The van der Waals surface area contributed by atoms with Crippen LogP contribution in [0.3, 0.4) is 0 Å². The zero-order valence-electron chi connectivity index (χ0n) is 17.7. The fourth-order valence-electron chi connectivity index (χ4n) is 3.73. The molecule has 0 aliphatic carbocycles. The maximum Gasteiger partial charge on any atom is 0.269 e. The van der Waals surface area contributed by atoms with Crippen LogP contribution in [0.15, 0.2) is 60.9 Å². The number of aromatic nitrogens is 3. The summed E-state index contributed by atoms with van der Waals surface area (Å²) in [6.45, 7) is 5.07. The molecule has 7 heteroatoms. The third-order valence-electron chi connectivity index (χ3n) is 5.66. The van der Waals surface area contributed by atoms with Gasteiger partial charge in [-0.05, 0) is 23.8 Å². The van der Waals surface area contributed by atoms with Gasteiger partial charge in [0.1, 0.15) is 11.5 Å². The van der Waals surface area contributed by atoms with Crippen molar-refractivity contribution < 1.29 is 4.79 Å². The summed E-state index contributed by atoms with van der Waals surface area (Å²) in [5.74, 6) is 0.630. The number of carbonyl (C=O) groups is 1. The van der Waals surface area contributed by atoms with Gasteiger partial charge < -0.3 is 14.5 Å². The minimum Gasteiger partial charge on any atom is -0.350 e. The Bertz CT molecular complexity index is 1240.